The first kappa shape index (κ1) is 21.1. The Morgan fingerprint density at radius 2 is 1.64 bits per heavy atom. The Hall–Kier alpha value is -1.96. The third-order valence-corrected chi connectivity index (χ3v) is 3.16. The number of nitrogens with zero attached hydrogens (tertiary/aromatic N) is 1. The lowest BCUT2D eigenvalue weighted by molar-refractivity contribution is 0.379. The topological polar surface area (TPSA) is 68.9 Å². The fourth-order valence-corrected chi connectivity index (χ4v) is 2.09. The van der Waals surface area contributed by atoms with E-state index in [1.807, 2.05) is 69.3 Å². The summed E-state index contributed by atoms with van der Waals surface area (Å²) in [7, 11) is 1.62. The van der Waals surface area contributed by atoms with Crippen LogP contribution in [0.3, 0.4) is 0 Å². The molecule has 0 bridgehead atoms. The summed E-state index contributed by atoms with van der Waals surface area (Å²) in [5.41, 5.74) is 6.83. The van der Waals surface area contributed by atoms with E-state index < -0.39 is 0 Å². The molecule has 0 aromatic heterocycles. The number of nitrogens with two attached hydrogens (primary N) is 1. The maximum absolute atomic E-state index is 5.87. The molecule has 2 rings (SSSR count). The largest absolute Gasteiger partial charge is 0.493 e. The zero-order chi connectivity index (χ0) is 17.6. The number of ether oxygens (including phenoxy) is 2. The number of hydrogen-bond acceptors (Lipinski definition) is 3. The number of rotatable bonds is 5. The van der Waals surface area contributed by atoms with Gasteiger partial charge >= 0.3 is 0 Å². The van der Waals surface area contributed by atoms with Gasteiger partial charge in [-0.3, -0.25) is 0 Å². The molecule has 0 heterocycles. The molecular formula is C19H26IN3O2. The quantitative estimate of drug-likeness (QED) is 0.401. The van der Waals surface area contributed by atoms with Gasteiger partial charge in [-0.05, 0) is 50.6 Å². The molecule has 25 heavy (non-hydrogen) atoms. The monoisotopic (exact) mass is 455 g/mol. The minimum absolute atomic E-state index is 0. The molecule has 0 aliphatic carbocycles. The number of para-hydroxylation sites is 2. The van der Waals surface area contributed by atoms with E-state index in [0.717, 1.165) is 11.3 Å². The van der Waals surface area contributed by atoms with E-state index in [0.29, 0.717) is 24.0 Å². The van der Waals surface area contributed by atoms with Gasteiger partial charge in [0, 0.05) is 5.54 Å². The number of hydrogen-bond donors (Lipinski definition) is 2. The summed E-state index contributed by atoms with van der Waals surface area (Å²) >= 11 is 0. The van der Waals surface area contributed by atoms with Crippen LogP contribution in [0.15, 0.2) is 53.5 Å². The molecule has 0 aliphatic rings. The molecule has 5 nitrogen and oxygen atoms in total. The van der Waals surface area contributed by atoms with E-state index in [9.17, 15) is 0 Å². The fourth-order valence-electron chi connectivity index (χ4n) is 2.09. The van der Waals surface area contributed by atoms with E-state index in [2.05, 4.69) is 10.3 Å². The zero-order valence-corrected chi connectivity index (χ0v) is 17.4. The lowest BCUT2D eigenvalue weighted by atomic mass is 10.1. The van der Waals surface area contributed by atoms with Crippen LogP contribution >= 0.6 is 24.0 Å². The molecule has 0 unspecified atom stereocenters. The Morgan fingerprint density at radius 1 is 1.04 bits per heavy atom. The summed E-state index contributed by atoms with van der Waals surface area (Å²) in [5.74, 6) is 2.57. The third-order valence-electron chi connectivity index (χ3n) is 3.16. The Labute approximate surface area is 166 Å². The van der Waals surface area contributed by atoms with Crippen LogP contribution in [0.1, 0.15) is 26.3 Å². The van der Waals surface area contributed by atoms with E-state index in [4.69, 9.17) is 15.2 Å². The van der Waals surface area contributed by atoms with Gasteiger partial charge in [0.05, 0.1) is 13.7 Å². The molecule has 0 saturated carbocycles. The van der Waals surface area contributed by atoms with E-state index >= 15 is 0 Å². The molecule has 0 atom stereocenters. The summed E-state index contributed by atoms with van der Waals surface area (Å²) in [5, 5.41) is 3.14. The minimum atomic E-state index is -0.0972. The van der Waals surface area contributed by atoms with Gasteiger partial charge < -0.3 is 20.5 Å². The maximum atomic E-state index is 5.87. The second-order valence-corrected chi connectivity index (χ2v) is 6.47. The highest BCUT2D eigenvalue weighted by atomic mass is 127. The predicted molar refractivity (Wildman–Crippen MR) is 113 cm³/mol. The normalized spacial score (nSPS) is 11.4. The molecule has 0 fully saturated rings. The van der Waals surface area contributed by atoms with Gasteiger partial charge in [0.2, 0.25) is 0 Å². The molecule has 3 N–H and O–H groups in total. The van der Waals surface area contributed by atoms with E-state index in [1.54, 1.807) is 7.11 Å². The van der Waals surface area contributed by atoms with Crippen molar-refractivity contribution in [2.24, 2.45) is 10.7 Å². The van der Waals surface area contributed by atoms with Crippen molar-refractivity contribution in [2.75, 3.05) is 7.11 Å². The highest BCUT2D eigenvalue weighted by Crippen LogP contribution is 2.30. The van der Waals surface area contributed by atoms with Crippen LogP contribution in [0.25, 0.3) is 0 Å². The first-order chi connectivity index (χ1) is 11.4. The summed E-state index contributed by atoms with van der Waals surface area (Å²) < 4.78 is 11.1. The minimum Gasteiger partial charge on any atom is -0.493 e. The molecule has 0 aliphatic heterocycles. The van der Waals surface area contributed by atoms with Crippen molar-refractivity contribution in [2.45, 2.75) is 32.9 Å². The predicted octanol–water partition coefficient (Wildman–Crippen LogP) is 4.31. The third kappa shape index (κ3) is 7.21. The molecular weight excluding hydrogens is 429 g/mol. The van der Waals surface area contributed by atoms with Crippen LogP contribution in [0.5, 0.6) is 17.2 Å². The van der Waals surface area contributed by atoms with Crippen molar-refractivity contribution < 1.29 is 9.47 Å². The number of nitrogens with one attached hydrogen (secondary N) is 1. The van der Waals surface area contributed by atoms with Gasteiger partial charge in [0.1, 0.15) is 5.75 Å². The summed E-state index contributed by atoms with van der Waals surface area (Å²) in [6, 6.07) is 15.3. The van der Waals surface area contributed by atoms with Crippen molar-refractivity contribution in [1.29, 1.82) is 0 Å². The molecule has 0 amide bonds. The van der Waals surface area contributed by atoms with Crippen molar-refractivity contribution in [3.05, 3.63) is 54.1 Å². The molecule has 0 radical (unpaired) electrons. The van der Waals surface area contributed by atoms with Crippen LogP contribution in [0.2, 0.25) is 0 Å². The highest BCUT2D eigenvalue weighted by Gasteiger charge is 2.09. The molecule has 2 aromatic carbocycles. The van der Waals surface area contributed by atoms with Crippen molar-refractivity contribution in [1.82, 2.24) is 5.32 Å². The average molecular weight is 455 g/mol. The maximum Gasteiger partial charge on any atom is 0.189 e. The summed E-state index contributed by atoms with van der Waals surface area (Å²) in [6.07, 6.45) is 0. The van der Waals surface area contributed by atoms with Crippen LogP contribution < -0.4 is 20.5 Å². The number of aliphatic imine (C=N–C) groups is 1. The lowest BCUT2D eigenvalue weighted by Gasteiger charge is -2.20. The molecule has 6 heteroatoms. The number of guanidine groups is 1. The van der Waals surface area contributed by atoms with Gasteiger partial charge in [-0.25, -0.2) is 4.99 Å². The van der Waals surface area contributed by atoms with Crippen molar-refractivity contribution in [3.8, 4) is 17.2 Å². The first-order valence-corrected chi connectivity index (χ1v) is 7.85. The van der Waals surface area contributed by atoms with Gasteiger partial charge in [0.15, 0.2) is 17.5 Å². The summed E-state index contributed by atoms with van der Waals surface area (Å²) in [6.45, 7) is 6.64. The Morgan fingerprint density at radius 3 is 2.20 bits per heavy atom. The van der Waals surface area contributed by atoms with Crippen LogP contribution in [-0.2, 0) is 6.54 Å². The van der Waals surface area contributed by atoms with Crippen molar-refractivity contribution >= 4 is 29.9 Å². The van der Waals surface area contributed by atoms with Gasteiger partial charge in [-0.1, -0.05) is 24.3 Å². The average Bonchev–Trinajstić information content (AvgIpc) is 2.53. The Kier molecular flexibility index (Phi) is 8.02. The first-order valence-electron chi connectivity index (χ1n) is 7.85. The molecule has 0 saturated heterocycles. The highest BCUT2D eigenvalue weighted by molar-refractivity contribution is 14.0. The van der Waals surface area contributed by atoms with Gasteiger partial charge in [-0.2, -0.15) is 0 Å². The number of methoxy groups -OCH3 is 1. The second kappa shape index (κ2) is 9.50. The van der Waals surface area contributed by atoms with Gasteiger partial charge in [0.25, 0.3) is 0 Å². The van der Waals surface area contributed by atoms with Crippen LogP contribution in [-0.4, -0.2) is 18.6 Å². The lowest BCUT2D eigenvalue weighted by Crippen LogP contribution is -2.44. The van der Waals surface area contributed by atoms with E-state index in [-0.39, 0.29) is 29.5 Å². The molecule has 2 aromatic rings. The van der Waals surface area contributed by atoms with Gasteiger partial charge in [-0.15, -0.1) is 24.0 Å². The molecule has 136 valence electrons. The second-order valence-electron chi connectivity index (χ2n) is 6.47. The Bertz CT molecular complexity index is 695. The van der Waals surface area contributed by atoms with E-state index in [1.165, 1.54) is 0 Å². The number of benzene rings is 2. The fraction of sp³-hybridized carbons (Fsp3) is 0.316. The Balaban J connectivity index is 0.00000312. The van der Waals surface area contributed by atoms with Crippen LogP contribution in [0.4, 0.5) is 0 Å². The van der Waals surface area contributed by atoms with Crippen molar-refractivity contribution in [3.63, 3.8) is 0 Å². The standard InChI is InChI=1S/C19H25N3O2.HI/c1-19(2,3)22-18(20)21-13-14-9-11-15(12-10-14)24-17-8-6-5-7-16(17)23-4;/h5-12H,13H2,1-4H3,(H3,20,21,22);1H. The van der Waals surface area contributed by atoms with Crippen LogP contribution in [0, 0.1) is 0 Å². The molecule has 0 spiro atoms. The summed E-state index contributed by atoms with van der Waals surface area (Å²) in [4.78, 5) is 4.34. The number of halogens is 1. The SMILES string of the molecule is COc1ccccc1Oc1ccc(CN=C(N)NC(C)(C)C)cc1.I. The zero-order valence-electron chi connectivity index (χ0n) is 15.1. The smallest absolute Gasteiger partial charge is 0.189 e.